The van der Waals surface area contributed by atoms with Gasteiger partial charge in [-0.25, -0.2) is 4.39 Å². The van der Waals surface area contributed by atoms with E-state index in [9.17, 15) is 4.39 Å². The van der Waals surface area contributed by atoms with E-state index in [1.54, 1.807) is 12.1 Å². The fourth-order valence-electron chi connectivity index (χ4n) is 5.23. The number of halogens is 1. The molecule has 1 aromatic heterocycles. The summed E-state index contributed by atoms with van der Waals surface area (Å²) in [6.07, 6.45) is 2.51. The second-order valence-corrected chi connectivity index (χ2v) is 8.78. The molecule has 1 unspecified atom stereocenters. The van der Waals surface area contributed by atoms with Crippen molar-refractivity contribution in [1.82, 2.24) is 14.8 Å². The Morgan fingerprint density at radius 1 is 0.967 bits per heavy atom. The smallest absolute Gasteiger partial charge is 0.146 e. The number of hydrogen-bond donors (Lipinski definition) is 1. The number of rotatable bonds is 4. The molecule has 2 aliphatic heterocycles. The Kier molecular flexibility index (Phi) is 5.48. The number of anilines is 1. The van der Waals surface area contributed by atoms with Crippen molar-refractivity contribution >= 4 is 16.6 Å². The first-order chi connectivity index (χ1) is 14.7. The molecule has 5 heteroatoms. The van der Waals surface area contributed by atoms with E-state index >= 15 is 0 Å². The number of aryl methyl sites for hydroxylation is 1. The molecule has 0 spiro atoms. The maximum atomic E-state index is 14.1. The van der Waals surface area contributed by atoms with Gasteiger partial charge in [-0.15, -0.1) is 0 Å². The maximum absolute atomic E-state index is 14.1. The molecule has 3 aromatic rings. The summed E-state index contributed by atoms with van der Waals surface area (Å²) in [6.45, 7) is 9.34. The zero-order chi connectivity index (χ0) is 20.5. The van der Waals surface area contributed by atoms with Crippen LogP contribution >= 0.6 is 0 Å². The first kappa shape index (κ1) is 19.6. The van der Waals surface area contributed by atoms with Crippen molar-refractivity contribution in [3.63, 3.8) is 0 Å². The zero-order valence-electron chi connectivity index (χ0n) is 17.8. The first-order valence-electron chi connectivity index (χ1n) is 11.2. The second kappa shape index (κ2) is 8.40. The number of nitrogens with one attached hydrogen (secondary N) is 1. The average molecular weight is 407 g/mol. The molecular weight excluding hydrogens is 375 g/mol. The summed E-state index contributed by atoms with van der Waals surface area (Å²) in [6, 6.07) is 16.3. The number of H-pyrrole nitrogens is 1. The highest BCUT2D eigenvalue weighted by molar-refractivity contribution is 5.84. The van der Waals surface area contributed by atoms with Crippen molar-refractivity contribution in [3.05, 3.63) is 65.6 Å². The maximum Gasteiger partial charge on any atom is 0.146 e. The minimum absolute atomic E-state index is 0.108. The number of piperidine rings is 1. The molecule has 2 saturated heterocycles. The van der Waals surface area contributed by atoms with E-state index in [0.717, 1.165) is 45.0 Å². The van der Waals surface area contributed by atoms with Crippen LogP contribution in [0.25, 0.3) is 10.9 Å². The number of aromatic amines is 1. The lowest BCUT2D eigenvalue weighted by Gasteiger charge is -2.44. The fourth-order valence-corrected chi connectivity index (χ4v) is 5.23. The highest BCUT2D eigenvalue weighted by Crippen LogP contribution is 2.26. The van der Waals surface area contributed by atoms with E-state index < -0.39 is 0 Å². The lowest BCUT2D eigenvalue weighted by atomic mass is 10.0. The molecule has 30 heavy (non-hydrogen) atoms. The summed E-state index contributed by atoms with van der Waals surface area (Å²) in [5, 5.41) is 1.34. The standard InChI is InChI=1S/C25H31FN4/c1-19-21-8-2-4-10-23(21)27-24(19)18-28-12-6-7-20(17-28)29-13-15-30(16-14-29)25-11-5-3-9-22(25)26/h2-5,8-11,20,27H,6-7,12-18H2,1H3. The van der Waals surface area contributed by atoms with Crippen molar-refractivity contribution in [2.24, 2.45) is 0 Å². The van der Waals surface area contributed by atoms with Crippen LogP contribution in [0.3, 0.4) is 0 Å². The van der Waals surface area contributed by atoms with E-state index in [1.165, 1.54) is 41.5 Å². The largest absolute Gasteiger partial charge is 0.367 e. The van der Waals surface area contributed by atoms with Crippen molar-refractivity contribution < 1.29 is 4.39 Å². The third-order valence-corrected chi connectivity index (χ3v) is 6.96. The summed E-state index contributed by atoms with van der Waals surface area (Å²) >= 11 is 0. The molecule has 2 aliphatic rings. The topological polar surface area (TPSA) is 25.5 Å². The number of likely N-dealkylation sites (tertiary alicyclic amines) is 1. The number of fused-ring (bicyclic) bond motifs is 1. The van der Waals surface area contributed by atoms with Gasteiger partial charge in [0.2, 0.25) is 0 Å². The Hall–Kier alpha value is -2.37. The molecule has 1 atom stereocenters. The number of hydrogen-bond acceptors (Lipinski definition) is 3. The predicted octanol–water partition coefficient (Wildman–Crippen LogP) is 4.40. The van der Waals surface area contributed by atoms with Crippen LogP contribution in [0.2, 0.25) is 0 Å². The highest BCUT2D eigenvalue weighted by atomic mass is 19.1. The number of nitrogens with zero attached hydrogens (tertiary/aromatic N) is 3. The van der Waals surface area contributed by atoms with Crippen LogP contribution in [0, 0.1) is 12.7 Å². The Labute approximate surface area is 178 Å². The van der Waals surface area contributed by atoms with E-state index in [2.05, 4.69) is 50.9 Å². The zero-order valence-corrected chi connectivity index (χ0v) is 17.8. The van der Waals surface area contributed by atoms with Gasteiger partial charge < -0.3 is 9.88 Å². The predicted molar refractivity (Wildman–Crippen MR) is 122 cm³/mol. The van der Waals surface area contributed by atoms with E-state index in [1.807, 2.05) is 12.1 Å². The summed E-state index contributed by atoms with van der Waals surface area (Å²) in [5.41, 5.74) is 4.71. The summed E-state index contributed by atoms with van der Waals surface area (Å²) < 4.78 is 14.1. The number of piperazine rings is 1. The molecule has 0 saturated carbocycles. The molecule has 0 amide bonds. The summed E-state index contributed by atoms with van der Waals surface area (Å²) in [4.78, 5) is 11.1. The van der Waals surface area contributed by atoms with Crippen LogP contribution in [-0.4, -0.2) is 60.1 Å². The molecule has 3 heterocycles. The first-order valence-corrected chi connectivity index (χ1v) is 11.2. The van der Waals surface area contributed by atoms with Crippen LogP contribution in [0.1, 0.15) is 24.1 Å². The quantitative estimate of drug-likeness (QED) is 0.695. The molecule has 0 bridgehead atoms. The lowest BCUT2D eigenvalue weighted by molar-refractivity contribution is 0.0880. The molecule has 158 valence electrons. The number of benzene rings is 2. The van der Waals surface area contributed by atoms with Crippen LogP contribution in [-0.2, 0) is 6.54 Å². The third kappa shape index (κ3) is 3.84. The molecular formula is C25H31FN4. The fraction of sp³-hybridized carbons (Fsp3) is 0.440. The SMILES string of the molecule is Cc1c(CN2CCCC(N3CCN(c4ccccc4F)CC3)C2)[nH]c2ccccc12. The molecule has 2 aromatic carbocycles. The summed E-state index contributed by atoms with van der Waals surface area (Å²) in [5.74, 6) is -0.108. The normalized spacial score (nSPS) is 21.4. The van der Waals surface area contributed by atoms with E-state index in [0.29, 0.717) is 6.04 Å². The molecule has 1 N–H and O–H groups in total. The van der Waals surface area contributed by atoms with Crippen molar-refractivity contribution in [2.45, 2.75) is 32.4 Å². The van der Waals surface area contributed by atoms with Gasteiger partial charge in [0, 0.05) is 61.9 Å². The minimum Gasteiger partial charge on any atom is -0.367 e. The number of aromatic nitrogens is 1. The van der Waals surface area contributed by atoms with Gasteiger partial charge in [-0.05, 0) is 50.1 Å². The third-order valence-electron chi connectivity index (χ3n) is 6.96. The van der Waals surface area contributed by atoms with Gasteiger partial charge in [0.25, 0.3) is 0 Å². The Bertz CT molecular complexity index is 1010. The van der Waals surface area contributed by atoms with Gasteiger partial charge in [0.15, 0.2) is 0 Å². The van der Waals surface area contributed by atoms with Gasteiger partial charge in [-0.1, -0.05) is 30.3 Å². The Morgan fingerprint density at radius 2 is 1.73 bits per heavy atom. The highest BCUT2D eigenvalue weighted by Gasteiger charge is 2.29. The van der Waals surface area contributed by atoms with Crippen LogP contribution in [0.15, 0.2) is 48.5 Å². The van der Waals surface area contributed by atoms with Crippen LogP contribution in [0.4, 0.5) is 10.1 Å². The Morgan fingerprint density at radius 3 is 2.53 bits per heavy atom. The molecule has 5 rings (SSSR count). The van der Waals surface area contributed by atoms with Gasteiger partial charge >= 0.3 is 0 Å². The summed E-state index contributed by atoms with van der Waals surface area (Å²) in [7, 11) is 0. The minimum atomic E-state index is -0.108. The molecule has 0 radical (unpaired) electrons. The van der Waals surface area contributed by atoms with Crippen molar-refractivity contribution in [3.8, 4) is 0 Å². The van der Waals surface area contributed by atoms with Crippen molar-refractivity contribution in [2.75, 3.05) is 44.2 Å². The van der Waals surface area contributed by atoms with Crippen LogP contribution < -0.4 is 4.90 Å². The second-order valence-electron chi connectivity index (χ2n) is 8.78. The van der Waals surface area contributed by atoms with Gasteiger partial charge in [-0.2, -0.15) is 0 Å². The molecule has 0 aliphatic carbocycles. The van der Waals surface area contributed by atoms with Gasteiger partial charge in [0.1, 0.15) is 5.82 Å². The van der Waals surface area contributed by atoms with Gasteiger partial charge in [0.05, 0.1) is 5.69 Å². The van der Waals surface area contributed by atoms with Gasteiger partial charge in [-0.3, -0.25) is 9.80 Å². The van der Waals surface area contributed by atoms with Crippen LogP contribution in [0.5, 0.6) is 0 Å². The van der Waals surface area contributed by atoms with Crippen molar-refractivity contribution in [1.29, 1.82) is 0 Å². The Balaban J connectivity index is 1.21. The number of para-hydroxylation sites is 2. The monoisotopic (exact) mass is 406 g/mol. The average Bonchev–Trinajstić information content (AvgIpc) is 3.10. The van der Waals surface area contributed by atoms with E-state index in [4.69, 9.17) is 0 Å². The van der Waals surface area contributed by atoms with E-state index in [-0.39, 0.29) is 5.82 Å². The molecule has 2 fully saturated rings. The molecule has 4 nitrogen and oxygen atoms in total. The lowest BCUT2D eigenvalue weighted by Crippen LogP contribution is -2.55.